The number of hydrogen-bond acceptors (Lipinski definition) is 2. The van der Waals surface area contributed by atoms with E-state index in [9.17, 15) is 0 Å². The van der Waals surface area contributed by atoms with Crippen LogP contribution in [0.25, 0.3) is 11.1 Å². The van der Waals surface area contributed by atoms with Crippen LogP contribution >= 0.6 is 0 Å². The minimum atomic E-state index is 0.259. The number of aromatic hydroxyl groups is 1. The van der Waals surface area contributed by atoms with Crippen LogP contribution in [0.2, 0.25) is 0 Å². The maximum Gasteiger partial charge on any atom is 0.115 e. The molecule has 2 aromatic rings. The molecular weight excluding hydrogens is 174 g/mol. The van der Waals surface area contributed by atoms with Crippen LogP contribution in [0.15, 0.2) is 42.5 Å². The third-order valence-electron chi connectivity index (χ3n) is 2.07. The van der Waals surface area contributed by atoms with Gasteiger partial charge in [-0.05, 0) is 29.8 Å². The van der Waals surface area contributed by atoms with Crippen LogP contribution in [-0.2, 0) is 0 Å². The van der Waals surface area contributed by atoms with Gasteiger partial charge in [-0.25, -0.2) is 0 Å². The van der Waals surface area contributed by atoms with Gasteiger partial charge in [0.15, 0.2) is 0 Å². The lowest BCUT2D eigenvalue weighted by Crippen LogP contribution is -1.88. The maximum atomic E-state index is 9.14. The number of nitrogen functional groups attached to an aromatic ring is 1. The Hall–Kier alpha value is -1.96. The van der Waals surface area contributed by atoms with Gasteiger partial charge in [0.05, 0.1) is 0 Å². The van der Waals surface area contributed by atoms with Crippen molar-refractivity contribution in [3.63, 3.8) is 0 Å². The molecule has 0 heterocycles. The first-order valence-corrected chi connectivity index (χ1v) is 4.32. The molecule has 0 fully saturated rings. The molecule has 2 rings (SSSR count). The maximum absolute atomic E-state index is 9.14. The Morgan fingerprint density at radius 1 is 1.07 bits per heavy atom. The summed E-state index contributed by atoms with van der Waals surface area (Å²) in [6, 6.07) is 15.3. The van der Waals surface area contributed by atoms with E-state index in [1.165, 1.54) is 0 Å². The molecule has 69 valence electrons. The largest absolute Gasteiger partial charge is 0.508 e. The van der Waals surface area contributed by atoms with Crippen molar-refractivity contribution in [2.24, 2.45) is 0 Å². The summed E-state index contributed by atoms with van der Waals surface area (Å²) in [5, 5.41) is 9.14. The Bertz CT molecular complexity index is 434. The van der Waals surface area contributed by atoms with Crippen molar-refractivity contribution in [1.82, 2.24) is 0 Å². The second-order valence-electron chi connectivity index (χ2n) is 3.06. The lowest BCUT2D eigenvalue weighted by molar-refractivity contribution is 0.475. The fourth-order valence-electron chi connectivity index (χ4n) is 1.35. The van der Waals surface area contributed by atoms with Crippen LogP contribution < -0.4 is 5.73 Å². The van der Waals surface area contributed by atoms with Crippen molar-refractivity contribution in [2.45, 2.75) is 0 Å². The number of anilines is 1. The average Bonchev–Trinajstić information content (AvgIpc) is 2.20. The van der Waals surface area contributed by atoms with E-state index in [-0.39, 0.29) is 5.75 Å². The van der Waals surface area contributed by atoms with Crippen molar-refractivity contribution in [2.75, 3.05) is 5.73 Å². The lowest BCUT2D eigenvalue weighted by Gasteiger charge is -2.04. The van der Waals surface area contributed by atoms with E-state index in [1.54, 1.807) is 18.2 Å². The van der Waals surface area contributed by atoms with Crippen molar-refractivity contribution < 1.29 is 5.11 Å². The zero-order valence-corrected chi connectivity index (χ0v) is 7.57. The number of phenols is 1. The number of hydrogen-bond donors (Lipinski definition) is 2. The molecule has 0 aliphatic rings. The highest BCUT2D eigenvalue weighted by atomic mass is 16.3. The standard InChI is InChI=1S/C12H10NO/c13-12-4-2-1-3-11(12)9-5-7-10(14)8-6-9/h1,3-8,14H,13H2. The number of nitrogens with two attached hydrogens (primary N) is 1. The Kier molecular flexibility index (Phi) is 2.11. The molecule has 2 nitrogen and oxygen atoms in total. The number of phenolic OH excluding ortho intramolecular Hbond substituents is 1. The SMILES string of the molecule is Nc1c[c]ccc1-c1ccc(O)cc1. The molecule has 0 amide bonds. The molecule has 2 heteroatoms. The van der Waals surface area contributed by atoms with E-state index in [2.05, 4.69) is 6.07 Å². The Labute approximate surface area is 82.6 Å². The fraction of sp³-hybridized carbons (Fsp3) is 0. The molecule has 0 atom stereocenters. The van der Waals surface area contributed by atoms with Crippen LogP contribution in [0.5, 0.6) is 5.75 Å². The quantitative estimate of drug-likeness (QED) is 0.668. The molecule has 0 bridgehead atoms. The summed E-state index contributed by atoms with van der Waals surface area (Å²) in [7, 11) is 0. The predicted molar refractivity (Wildman–Crippen MR) is 56.8 cm³/mol. The topological polar surface area (TPSA) is 46.2 Å². The van der Waals surface area contributed by atoms with Gasteiger partial charge < -0.3 is 10.8 Å². The first-order chi connectivity index (χ1) is 6.77. The van der Waals surface area contributed by atoms with Crippen molar-refractivity contribution in [3.8, 4) is 16.9 Å². The molecule has 14 heavy (non-hydrogen) atoms. The molecular formula is C12H10NO. The normalized spacial score (nSPS) is 10.0. The van der Waals surface area contributed by atoms with E-state index in [0.29, 0.717) is 5.69 Å². The summed E-state index contributed by atoms with van der Waals surface area (Å²) in [6.45, 7) is 0. The zero-order chi connectivity index (χ0) is 9.97. The van der Waals surface area contributed by atoms with Gasteiger partial charge in [-0.15, -0.1) is 0 Å². The van der Waals surface area contributed by atoms with Crippen LogP contribution in [-0.4, -0.2) is 5.11 Å². The highest BCUT2D eigenvalue weighted by molar-refractivity contribution is 5.76. The third kappa shape index (κ3) is 1.55. The summed E-state index contributed by atoms with van der Waals surface area (Å²) in [5.41, 5.74) is 8.45. The molecule has 0 aliphatic carbocycles. The molecule has 1 radical (unpaired) electrons. The van der Waals surface area contributed by atoms with E-state index >= 15 is 0 Å². The molecule has 0 saturated carbocycles. The van der Waals surface area contributed by atoms with Crippen LogP contribution in [0.4, 0.5) is 5.69 Å². The highest BCUT2D eigenvalue weighted by Gasteiger charge is 2.00. The predicted octanol–water partition coefficient (Wildman–Crippen LogP) is 2.44. The van der Waals surface area contributed by atoms with E-state index in [0.717, 1.165) is 11.1 Å². The molecule has 0 spiro atoms. The minimum Gasteiger partial charge on any atom is -0.508 e. The second-order valence-corrected chi connectivity index (χ2v) is 3.06. The van der Waals surface area contributed by atoms with E-state index < -0.39 is 0 Å². The highest BCUT2D eigenvalue weighted by Crippen LogP contribution is 2.26. The van der Waals surface area contributed by atoms with Gasteiger partial charge in [-0.3, -0.25) is 0 Å². The smallest absolute Gasteiger partial charge is 0.115 e. The Balaban J connectivity index is 2.50. The van der Waals surface area contributed by atoms with Crippen LogP contribution in [0.1, 0.15) is 0 Å². The van der Waals surface area contributed by atoms with Crippen LogP contribution in [0.3, 0.4) is 0 Å². The Morgan fingerprint density at radius 3 is 2.43 bits per heavy atom. The molecule has 2 aromatic carbocycles. The summed E-state index contributed by atoms with van der Waals surface area (Å²) in [4.78, 5) is 0. The summed E-state index contributed by atoms with van der Waals surface area (Å²) in [5.74, 6) is 0.259. The Morgan fingerprint density at radius 2 is 1.79 bits per heavy atom. The summed E-state index contributed by atoms with van der Waals surface area (Å²) < 4.78 is 0. The number of benzene rings is 2. The van der Waals surface area contributed by atoms with Crippen molar-refractivity contribution in [1.29, 1.82) is 0 Å². The van der Waals surface area contributed by atoms with Crippen LogP contribution in [0, 0.1) is 6.07 Å². The molecule has 0 aromatic heterocycles. The van der Waals surface area contributed by atoms with Gasteiger partial charge in [0.2, 0.25) is 0 Å². The molecule has 3 N–H and O–H groups in total. The minimum absolute atomic E-state index is 0.259. The van der Waals surface area contributed by atoms with Gasteiger partial charge in [0.25, 0.3) is 0 Å². The van der Waals surface area contributed by atoms with Gasteiger partial charge in [-0.1, -0.05) is 24.3 Å². The average molecular weight is 184 g/mol. The fourth-order valence-corrected chi connectivity index (χ4v) is 1.35. The zero-order valence-electron chi connectivity index (χ0n) is 7.57. The molecule has 0 aliphatic heterocycles. The van der Waals surface area contributed by atoms with Crippen molar-refractivity contribution in [3.05, 3.63) is 48.5 Å². The monoisotopic (exact) mass is 184 g/mol. The van der Waals surface area contributed by atoms with Gasteiger partial charge in [-0.2, -0.15) is 0 Å². The van der Waals surface area contributed by atoms with E-state index in [1.807, 2.05) is 24.3 Å². The van der Waals surface area contributed by atoms with Gasteiger partial charge in [0, 0.05) is 11.3 Å². The van der Waals surface area contributed by atoms with Gasteiger partial charge in [0.1, 0.15) is 5.75 Å². The first-order valence-electron chi connectivity index (χ1n) is 4.32. The summed E-state index contributed by atoms with van der Waals surface area (Å²) >= 11 is 0. The molecule has 0 unspecified atom stereocenters. The number of rotatable bonds is 1. The third-order valence-corrected chi connectivity index (χ3v) is 2.07. The second kappa shape index (κ2) is 3.42. The molecule has 0 saturated heterocycles. The lowest BCUT2D eigenvalue weighted by atomic mass is 10.0. The van der Waals surface area contributed by atoms with Crippen molar-refractivity contribution >= 4 is 5.69 Å². The summed E-state index contributed by atoms with van der Waals surface area (Å²) in [6.07, 6.45) is 0. The van der Waals surface area contributed by atoms with Gasteiger partial charge >= 0.3 is 0 Å². The first kappa shape index (κ1) is 8.63. The van der Waals surface area contributed by atoms with E-state index in [4.69, 9.17) is 10.8 Å².